The van der Waals surface area contributed by atoms with Crippen LogP contribution in [0.2, 0.25) is 0 Å². The molecule has 16 heavy (non-hydrogen) atoms. The molecule has 0 spiro atoms. The molecule has 86 valence electrons. The third-order valence-electron chi connectivity index (χ3n) is 2.44. The topological polar surface area (TPSA) is 38.9 Å². The quantitative estimate of drug-likeness (QED) is 0.934. The molecule has 2 nitrogen and oxygen atoms in total. The lowest BCUT2D eigenvalue weighted by molar-refractivity contribution is 0.623. The molecule has 0 aliphatic carbocycles. The molecule has 1 unspecified atom stereocenters. The summed E-state index contributed by atoms with van der Waals surface area (Å²) in [5, 5.41) is 1.22. The molecule has 2 rings (SSSR count). The summed E-state index contributed by atoms with van der Waals surface area (Å²) in [4.78, 5) is 4.61. The van der Waals surface area contributed by atoms with Gasteiger partial charge >= 0.3 is 0 Å². The first kappa shape index (κ1) is 12.0. The number of halogens is 1. The fraction of sp³-hybridized carbons (Fsp3) is 0.417. The molecule has 0 bridgehead atoms. The van der Waals surface area contributed by atoms with Crippen molar-refractivity contribution in [3.63, 3.8) is 0 Å². The molecule has 0 saturated heterocycles. The van der Waals surface area contributed by atoms with Crippen molar-refractivity contribution in [2.24, 2.45) is 5.73 Å². The maximum absolute atomic E-state index is 5.73. The zero-order valence-electron chi connectivity index (χ0n) is 9.24. The molecule has 0 fully saturated rings. The van der Waals surface area contributed by atoms with Crippen molar-refractivity contribution < 1.29 is 0 Å². The number of hydrogen-bond donors (Lipinski definition) is 1. The van der Waals surface area contributed by atoms with Crippen LogP contribution < -0.4 is 5.73 Å². The fourth-order valence-corrected chi connectivity index (χ4v) is 3.19. The number of nitrogens with two attached hydrogens (primary N) is 1. The van der Waals surface area contributed by atoms with Crippen molar-refractivity contribution in [1.29, 1.82) is 0 Å². The van der Waals surface area contributed by atoms with E-state index in [0.29, 0.717) is 6.04 Å². The zero-order chi connectivity index (χ0) is 11.5. The summed E-state index contributed by atoms with van der Waals surface area (Å²) >= 11 is 5.26. The van der Waals surface area contributed by atoms with Gasteiger partial charge in [-0.15, -0.1) is 11.3 Å². The summed E-state index contributed by atoms with van der Waals surface area (Å²) < 4.78 is 2.37. The van der Waals surface area contributed by atoms with Crippen molar-refractivity contribution in [3.05, 3.63) is 27.7 Å². The Bertz CT molecular complexity index is 479. The van der Waals surface area contributed by atoms with Gasteiger partial charge in [-0.3, -0.25) is 0 Å². The van der Waals surface area contributed by atoms with Crippen molar-refractivity contribution in [1.82, 2.24) is 4.98 Å². The summed E-state index contributed by atoms with van der Waals surface area (Å²) in [6, 6.07) is 6.52. The van der Waals surface area contributed by atoms with E-state index >= 15 is 0 Å². The number of hydrogen-bond acceptors (Lipinski definition) is 3. The lowest BCUT2D eigenvalue weighted by Gasteiger charge is -2.01. The lowest BCUT2D eigenvalue weighted by Crippen LogP contribution is -2.14. The molecule has 1 heterocycles. The van der Waals surface area contributed by atoms with Crippen LogP contribution in [0.5, 0.6) is 0 Å². The monoisotopic (exact) mass is 298 g/mol. The van der Waals surface area contributed by atoms with Crippen LogP contribution in [0.1, 0.15) is 24.8 Å². The van der Waals surface area contributed by atoms with E-state index in [2.05, 4.69) is 40.0 Å². The highest BCUT2D eigenvalue weighted by Gasteiger charge is 2.04. The van der Waals surface area contributed by atoms with Gasteiger partial charge in [0.1, 0.15) is 0 Å². The van der Waals surface area contributed by atoms with E-state index in [1.807, 2.05) is 6.07 Å². The average molecular weight is 299 g/mol. The highest BCUT2D eigenvalue weighted by molar-refractivity contribution is 9.10. The molecule has 1 atom stereocenters. The number of aromatic nitrogens is 1. The number of rotatable bonds is 4. The Morgan fingerprint density at radius 3 is 3.06 bits per heavy atom. The standard InChI is InChI=1S/C12H15BrN2S/c1-8(14)3-2-4-12-15-10-6-5-9(13)7-11(10)16-12/h5-8H,2-4,14H2,1H3. The Balaban J connectivity index is 2.08. The van der Waals surface area contributed by atoms with Crippen molar-refractivity contribution >= 4 is 37.5 Å². The van der Waals surface area contributed by atoms with Gasteiger partial charge in [0.25, 0.3) is 0 Å². The Hall–Kier alpha value is -0.450. The summed E-state index contributed by atoms with van der Waals surface area (Å²) in [6.45, 7) is 2.05. The van der Waals surface area contributed by atoms with Crippen LogP contribution in [0, 0.1) is 0 Å². The van der Waals surface area contributed by atoms with E-state index in [1.54, 1.807) is 11.3 Å². The van der Waals surface area contributed by atoms with E-state index < -0.39 is 0 Å². The van der Waals surface area contributed by atoms with E-state index in [9.17, 15) is 0 Å². The second-order valence-corrected chi connectivity index (χ2v) is 6.12. The predicted molar refractivity (Wildman–Crippen MR) is 73.9 cm³/mol. The summed E-state index contributed by atoms with van der Waals surface area (Å²) in [5.41, 5.74) is 6.83. The van der Waals surface area contributed by atoms with Crippen LogP contribution in [0.25, 0.3) is 10.2 Å². The van der Waals surface area contributed by atoms with Crippen LogP contribution in [0.3, 0.4) is 0 Å². The first-order valence-electron chi connectivity index (χ1n) is 5.45. The van der Waals surface area contributed by atoms with Gasteiger partial charge in [-0.2, -0.15) is 0 Å². The van der Waals surface area contributed by atoms with Crippen molar-refractivity contribution in [2.75, 3.05) is 0 Å². The van der Waals surface area contributed by atoms with E-state index in [-0.39, 0.29) is 0 Å². The molecule has 1 aromatic carbocycles. The van der Waals surface area contributed by atoms with Crippen molar-refractivity contribution in [2.45, 2.75) is 32.2 Å². The molecular formula is C12H15BrN2S. The molecule has 0 amide bonds. The fourth-order valence-electron chi connectivity index (χ4n) is 1.63. The first-order valence-corrected chi connectivity index (χ1v) is 7.06. The normalized spacial score (nSPS) is 13.2. The summed E-state index contributed by atoms with van der Waals surface area (Å²) in [7, 11) is 0. The summed E-state index contributed by atoms with van der Waals surface area (Å²) in [5.74, 6) is 0. The number of benzene rings is 1. The smallest absolute Gasteiger partial charge is 0.0938 e. The third kappa shape index (κ3) is 3.03. The largest absolute Gasteiger partial charge is 0.328 e. The molecule has 0 aliphatic rings. The van der Waals surface area contributed by atoms with Gasteiger partial charge < -0.3 is 5.73 Å². The number of thiazole rings is 1. The first-order chi connectivity index (χ1) is 7.65. The van der Waals surface area contributed by atoms with Gasteiger partial charge in [0.2, 0.25) is 0 Å². The molecular weight excluding hydrogens is 284 g/mol. The van der Waals surface area contributed by atoms with Crippen LogP contribution in [0.15, 0.2) is 22.7 Å². The molecule has 4 heteroatoms. The lowest BCUT2D eigenvalue weighted by atomic mass is 10.1. The van der Waals surface area contributed by atoms with E-state index in [0.717, 1.165) is 29.3 Å². The Morgan fingerprint density at radius 1 is 1.50 bits per heavy atom. The van der Waals surface area contributed by atoms with Gasteiger partial charge in [0.15, 0.2) is 0 Å². The number of aryl methyl sites for hydroxylation is 1. The maximum Gasteiger partial charge on any atom is 0.0938 e. The van der Waals surface area contributed by atoms with Gasteiger partial charge in [-0.05, 0) is 44.4 Å². The van der Waals surface area contributed by atoms with Crippen molar-refractivity contribution in [3.8, 4) is 0 Å². The highest BCUT2D eigenvalue weighted by Crippen LogP contribution is 2.26. The zero-order valence-corrected chi connectivity index (χ0v) is 11.6. The Morgan fingerprint density at radius 2 is 2.31 bits per heavy atom. The average Bonchev–Trinajstić information content (AvgIpc) is 2.58. The minimum Gasteiger partial charge on any atom is -0.328 e. The SMILES string of the molecule is CC(N)CCCc1nc2ccc(Br)cc2s1. The van der Waals surface area contributed by atoms with Gasteiger partial charge in [-0.1, -0.05) is 15.9 Å². The second-order valence-electron chi connectivity index (χ2n) is 4.09. The van der Waals surface area contributed by atoms with Crippen LogP contribution in [-0.2, 0) is 6.42 Å². The van der Waals surface area contributed by atoms with Gasteiger partial charge in [0.05, 0.1) is 15.2 Å². The van der Waals surface area contributed by atoms with E-state index in [1.165, 1.54) is 9.71 Å². The van der Waals surface area contributed by atoms with Crippen LogP contribution in [0.4, 0.5) is 0 Å². The van der Waals surface area contributed by atoms with Crippen LogP contribution in [-0.4, -0.2) is 11.0 Å². The number of nitrogens with zero attached hydrogens (tertiary/aromatic N) is 1. The summed E-state index contributed by atoms with van der Waals surface area (Å²) in [6.07, 6.45) is 3.23. The second kappa shape index (κ2) is 5.25. The molecule has 0 aliphatic heterocycles. The minimum atomic E-state index is 0.295. The predicted octanol–water partition coefficient (Wildman–Crippen LogP) is 3.73. The Kier molecular flexibility index (Phi) is 3.95. The number of fused-ring (bicyclic) bond motifs is 1. The molecule has 2 aromatic rings. The molecule has 0 saturated carbocycles. The van der Waals surface area contributed by atoms with E-state index in [4.69, 9.17) is 5.73 Å². The maximum atomic E-state index is 5.73. The molecule has 0 radical (unpaired) electrons. The third-order valence-corrected chi connectivity index (χ3v) is 4.02. The highest BCUT2D eigenvalue weighted by atomic mass is 79.9. The van der Waals surface area contributed by atoms with Gasteiger partial charge in [-0.25, -0.2) is 4.98 Å². The molecule has 2 N–H and O–H groups in total. The molecule has 1 aromatic heterocycles. The Labute approximate surface area is 108 Å². The van der Waals surface area contributed by atoms with Gasteiger partial charge in [0, 0.05) is 10.5 Å². The minimum absolute atomic E-state index is 0.295. The van der Waals surface area contributed by atoms with Crippen LogP contribution >= 0.6 is 27.3 Å².